The van der Waals surface area contributed by atoms with Crippen LogP contribution in [0.25, 0.3) is 0 Å². The van der Waals surface area contributed by atoms with E-state index >= 15 is 0 Å². The Morgan fingerprint density at radius 1 is 1.15 bits per heavy atom. The van der Waals surface area contributed by atoms with Crippen molar-refractivity contribution in [1.82, 2.24) is 9.21 Å². The molecule has 1 aromatic rings. The summed E-state index contributed by atoms with van der Waals surface area (Å²) in [4.78, 5) is 24.0. The summed E-state index contributed by atoms with van der Waals surface area (Å²) in [5, 5.41) is 0. The molecule has 0 spiro atoms. The van der Waals surface area contributed by atoms with E-state index in [4.69, 9.17) is 4.74 Å². The maximum atomic E-state index is 13.1. The Bertz CT molecular complexity index is 967. The fourth-order valence-corrected chi connectivity index (χ4v) is 6.10. The predicted molar refractivity (Wildman–Crippen MR) is 95.3 cm³/mol. The number of nitrogens with zero attached hydrogens (tertiary/aromatic N) is 3. The number of carbonyl (C=O) groups is 2. The molecule has 148 valence electrons. The van der Waals surface area contributed by atoms with Crippen LogP contribution in [-0.4, -0.2) is 77.4 Å². The van der Waals surface area contributed by atoms with Gasteiger partial charge in [-0.25, -0.2) is 21.1 Å². The standard InChI is InChI=1S/C15H19N3O7S2/c1-25-13-3-2-12(18-15(20)4-9-26(18,21)22)10-14(13)27(23,24)17-7-5-16(11-19)6-8-17/h2-3,10-11H,4-9H2,1H3. The first kappa shape index (κ1) is 19.6. The summed E-state index contributed by atoms with van der Waals surface area (Å²) >= 11 is 0. The van der Waals surface area contributed by atoms with Gasteiger partial charge in [-0.05, 0) is 18.2 Å². The van der Waals surface area contributed by atoms with E-state index in [1.54, 1.807) is 0 Å². The molecule has 0 aliphatic carbocycles. The molecule has 1 aromatic carbocycles. The quantitative estimate of drug-likeness (QED) is 0.576. The summed E-state index contributed by atoms with van der Waals surface area (Å²) in [7, 11) is -6.53. The Kier molecular flexibility index (Phi) is 5.14. The van der Waals surface area contributed by atoms with Gasteiger partial charge < -0.3 is 9.64 Å². The number of anilines is 1. The predicted octanol–water partition coefficient (Wildman–Crippen LogP) is -0.776. The second kappa shape index (κ2) is 7.09. The van der Waals surface area contributed by atoms with Crippen LogP contribution in [0.2, 0.25) is 0 Å². The third-order valence-corrected chi connectivity index (χ3v) is 8.11. The van der Waals surface area contributed by atoms with Crippen LogP contribution in [0.1, 0.15) is 6.42 Å². The SMILES string of the molecule is COc1ccc(N2C(=O)CCS2(=O)=O)cc1S(=O)(=O)N1CCN(C=O)CC1. The van der Waals surface area contributed by atoms with E-state index in [0.29, 0.717) is 10.7 Å². The van der Waals surface area contributed by atoms with Crippen LogP contribution in [0.4, 0.5) is 5.69 Å². The summed E-state index contributed by atoms with van der Waals surface area (Å²) in [5.74, 6) is -0.878. The van der Waals surface area contributed by atoms with Crippen molar-refractivity contribution in [2.75, 3.05) is 43.3 Å². The van der Waals surface area contributed by atoms with Gasteiger partial charge in [0, 0.05) is 32.6 Å². The van der Waals surface area contributed by atoms with Gasteiger partial charge in [-0.1, -0.05) is 0 Å². The van der Waals surface area contributed by atoms with Gasteiger partial charge in [-0.15, -0.1) is 0 Å². The van der Waals surface area contributed by atoms with E-state index in [2.05, 4.69) is 0 Å². The van der Waals surface area contributed by atoms with Crippen molar-refractivity contribution in [3.63, 3.8) is 0 Å². The lowest BCUT2D eigenvalue weighted by Crippen LogP contribution is -2.48. The van der Waals surface area contributed by atoms with Gasteiger partial charge in [0.2, 0.25) is 32.4 Å². The minimum Gasteiger partial charge on any atom is -0.495 e. The highest BCUT2D eigenvalue weighted by molar-refractivity contribution is 7.94. The lowest BCUT2D eigenvalue weighted by molar-refractivity contribution is -0.119. The number of carbonyl (C=O) groups excluding carboxylic acids is 2. The lowest BCUT2D eigenvalue weighted by atomic mass is 10.3. The zero-order valence-electron chi connectivity index (χ0n) is 14.6. The van der Waals surface area contributed by atoms with Crippen molar-refractivity contribution in [3.8, 4) is 5.75 Å². The van der Waals surface area contributed by atoms with E-state index in [1.807, 2.05) is 0 Å². The fraction of sp³-hybridized carbons (Fsp3) is 0.467. The molecule has 2 amide bonds. The van der Waals surface area contributed by atoms with Gasteiger partial charge in [-0.3, -0.25) is 9.59 Å². The van der Waals surface area contributed by atoms with E-state index < -0.39 is 26.0 Å². The molecule has 12 heteroatoms. The highest BCUT2D eigenvalue weighted by atomic mass is 32.2. The van der Waals surface area contributed by atoms with Gasteiger partial charge in [-0.2, -0.15) is 4.31 Å². The van der Waals surface area contributed by atoms with Crippen molar-refractivity contribution in [1.29, 1.82) is 0 Å². The summed E-state index contributed by atoms with van der Waals surface area (Å²) < 4.78 is 57.4. The maximum absolute atomic E-state index is 13.1. The molecule has 0 N–H and O–H groups in total. The Balaban J connectivity index is 2.02. The van der Waals surface area contributed by atoms with E-state index in [0.717, 1.165) is 6.07 Å². The van der Waals surface area contributed by atoms with Crippen molar-refractivity contribution in [3.05, 3.63) is 18.2 Å². The highest BCUT2D eigenvalue weighted by Crippen LogP contribution is 2.34. The van der Waals surface area contributed by atoms with Crippen LogP contribution >= 0.6 is 0 Å². The number of hydrogen-bond donors (Lipinski definition) is 0. The number of methoxy groups -OCH3 is 1. The molecule has 27 heavy (non-hydrogen) atoms. The molecule has 2 aliphatic heterocycles. The highest BCUT2D eigenvalue weighted by Gasteiger charge is 2.38. The average molecular weight is 417 g/mol. The first-order chi connectivity index (χ1) is 12.7. The van der Waals surface area contributed by atoms with Crippen LogP contribution in [0.3, 0.4) is 0 Å². The third kappa shape index (κ3) is 3.51. The first-order valence-electron chi connectivity index (χ1n) is 8.14. The van der Waals surface area contributed by atoms with E-state index in [-0.39, 0.29) is 54.7 Å². The molecule has 2 fully saturated rings. The van der Waals surface area contributed by atoms with Crippen LogP contribution < -0.4 is 9.04 Å². The van der Waals surface area contributed by atoms with Crippen LogP contribution in [0, 0.1) is 0 Å². The molecule has 0 saturated carbocycles. The van der Waals surface area contributed by atoms with Crippen molar-refractivity contribution >= 4 is 38.1 Å². The summed E-state index contributed by atoms with van der Waals surface area (Å²) in [6.45, 7) is 0.720. The Labute approximate surface area is 157 Å². The molecule has 0 atom stereocenters. The molecule has 0 radical (unpaired) electrons. The van der Waals surface area contributed by atoms with Gasteiger partial charge in [0.25, 0.3) is 0 Å². The van der Waals surface area contributed by atoms with Crippen molar-refractivity contribution < 1.29 is 31.2 Å². The first-order valence-corrected chi connectivity index (χ1v) is 11.2. The largest absolute Gasteiger partial charge is 0.495 e. The Hall–Kier alpha value is -2.18. The zero-order chi connectivity index (χ0) is 19.8. The number of hydrogen-bond acceptors (Lipinski definition) is 7. The van der Waals surface area contributed by atoms with Crippen molar-refractivity contribution in [2.45, 2.75) is 11.3 Å². The summed E-state index contributed by atoms with van der Waals surface area (Å²) in [6.07, 6.45) is 0.513. The summed E-state index contributed by atoms with van der Waals surface area (Å²) in [5.41, 5.74) is -0.0385. The van der Waals surface area contributed by atoms with E-state index in [9.17, 15) is 26.4 Å². The fourth-order valence-electron chi connectivity index (χ4n) is 3.05. The number of amides is 2. The van der Waals surface area contributed by atoms with Crippen LogP contribution in [0.15, 0.2) is 23.1 Å². The Morgan fingerprint density at radius 3 is 2.33 bits per heavy atom. The van der Waals surface area contributed by atoms with Crippen LogP contribution in [-0.2, 0) is 29.6 Å². The normalized spacial score (nSPS) is 20.7. The molecule has 2 saturated heterocycles. The number of ether oxygens (including phenoxy) is 1. The second-order valence-electron chi connectivity index (χ2n) is 6.10. The van der Waals surface area contributed by atoms with Gasteiger partial charge in [0.1, 0.15) is 10.6 Å². The smallest absolute Gasteiger partial charge is 0.246 e. The van der Waals surface area contributed by atoms with Crippen molar-refractivity contribution in [2.24, 2.45) is 0 Å². The molecule has 0 unspecified atom stereocenters. The van der Waals surface area contributed by atoms with Crippen LogP contribution in [0.5, 0.6) is 5.75 Å². The van der Waals surface area contributed by atoms with Gasteiger partial charge >= 0.3 is 0 Å². The second-order valence-corrected chi connectivity index (χ2v) is 9.95. The molecular weight excluding hydrogens is 398 g/mol. The topological polar surface area (TPSA) is 121 Å². The molecule has 2 aliphatic rings. The zero-order valence-corrected chi connectivity index (χ0v) is 16.2. The van der Waals surface area contributed by atoms with Gasteiger partial charge in [0.05, 0.1) is 18.6 Å². The summed E-state index contributed by atoms with van der Waals surface area (Å²) in [6, 6.07) is 3.80. The van der Waals surface area contributed by atoms with Gasteiger partial charge in [0.15, 0.2) is 0 Å². The van der Waals surface area contributed by atoms with E-state index in [1.165, 1.54) is 28.4 Å². The molecule has 3 rings (SSSR count). The molecule has 0 bridgehead atoms. The lowest BCUT2D eigenvalue weighted by Gasteiger charge is -2.32. The molecule has 2 heterocycles. The monoisotopic (exact) mass is 417 g/mol. The number of piperazine rings is 1. The molecule has 0 aromatic heterocycles. The minimum absolute atomic E-state index is 0.0385. The minimum atomic E-state index is -4.01. The number of sulfonamides is 2. The molecular formula is C15H19N3O7S2. The number of rotatable bonds is 5. The number of benzene rings is 1. The average Bonchev–Trinajstić information content (AvgIpc) is 2.93. The molecule has 10 nitrogen and oxygen atoms in total. The maximum Gasteiger partial charge on any atom is 0.246 e. The Morgan fingerprint density at radius 2 is 1.81 bits per heavy atom. The third-order valence-electron chi connectivity index (χ3n) is 4.50.